The monoisotopic (exact) mass is 269 g/mol. The zero-order chi connectivity index (χ0) is 14.2. The van der Waals surface area contributed by atoms with Crippen LogP contribution in [0, 0.1) is 0 Å². The highest BCUT2D eigenvalue weighted by atomic mass is 16.5. The zero-order valence-electron chi connectivity index (χ0n) is 11.7. The maximum absolute atomic E-state index is 12.1. The van der Waals surface area contributed by atoms with Gasteiger partial charge in [-0.25, -0.2) is 0 Å². The molecule has 0 radical (unpaired) electrons. The van der Waals surface area contributed by atoms with Gasteiger partial charge in [-0.15, -0.1) is 0 Å². The van der Waals surface area contributed by atoms with Crippen molar-refractivity contribution >= 4 is 5.78 Å². The minimum Gasteiger partial charge on any atom is -0.494 e. The summed E-state index contributed by atoms with van der Waals surface area (Å²) in [6.45, 7) is 2.85. The topological polar surface area (TPSA) is 39.2 Å². The molecule has 2 aromatic rings. The normalized spacial score (nSPS) is 10.2. The summed E-state index contributed by atoms with van der Waals surface area (Å²) in [4.78, 5) is 16.3. The van der Waals surface area contributed by atoms with Crippen molar-refractivity contribution in [2.24, 2.45) is 0 Å². The molecule has 104 valence electrons. The summed E-state index contributed by atoms with van der Waals surface area (Å²) in [5.74, 6) is 0.886. The number of hydrogen-bond acceptors (Lipinski definition) is 3. The van der Waals surface area contributed by atoms with Crippen LogP contribution in [-0.2, 0) is 6.42 Å². The van der Waals surface area contributed by atoms with Gasteiger partial charge < -0.3 is 4.74 Å². The Bertz CT molecular complexity index is 535. The molecule has 1 aromatic carbocycles. The van der Waals surface area contributed by atoms with Gasteiger partial charge in [0.25, 0.3) is 0 Å². The van der Waals surface area contributed by atoms with Crippen LogP contribution < -0.4 is 4.74 Å². The van der Waals surface area contributed by atoms with E-state index >= 15 is 0 Å². The van der Waals surface area contributed by atoms with Gasteiger partial charge in [0, 0.05) is 17.5 Å². The fourth-order valence-electron chi connectivity index (χ4n) is 1.84. The Balaban J connectivity index is 1.94. The van der Waals surface area contributed by atoms with E-state index < -0.39 is 0 Å². The van der Waals surface area contributed by atoms with Crippen LogP contribution in [0.5, 0.6) is 5.75 Å². The molecule has 0 aliphatic heterocycles. The molecule has 2 rings (SSSR count). The summed E-state index contributed by atoms with van der Waals surface area (Å²) < 4.78 is 5.58. The Kier molecular flexibility index (Phi) is 5.30. The van der Waals surface area contributed by atoms with E-state index in [-0.39, 0.29) is 5.78 Å². The Morgan fingerprint density at radius 1 is 1.15 bits per heavy atom. The molecule has 0 saturated carbocycles. The number of carbonyl (C=O) groups is 1. The third-order valence-corrected chi connectivity index (χ3v) is 3.01. The molecule has 20 heavy (non-hydrogen) atoms. The number of nitrogens with zero attached hydrogens (tertiary/aromatic N) is 1. The summed E-state index contributed by atoms with van der Waals surface area (Å²) in [5.41, 5.74) is 1.49. The second-order valence-electron chi connectivity index (χ2n) is 4.65. The number of ether oxygens (including phenoxy) is 1. The second kappa shape index (κ2) is 7.43. The number of benzene rings is 1. The molecule has 0 aliphatic carbocycles. The van der Waals surface area contributed by atoms with E-state index in [1.54, 1.807) is 6.20 Å². The zero-order valence-corrected chi connectivity index (χ0v) is 11.7. The molecule has 0 saturated heterocycles. The van der Waals surface area contributed by atoms with Crippen molar-refractivity contribution in [2.45, 2.75) is 26.2 Å². The number of ketones is 1. The van der Waals surface area contributed by atoms with Crippen LogP contribution in [0.25, 0.3) is 0 Å². The Labute approximate surface area is 119 Å². The first-order chi connectivity index (χ1) is 9.79. The van der Waals surface area contributed by atoms with Crippen molar-refractivity contribution < 1.29 is 9.53 Å². The van der Waals surface area contributed by atoms with Crippen molar-refractivity contribution in [3.63, 3.8) is 0 Å². The van der Waals surface area contributed by atoms with Gasteiger partial charge in [-0.05, 0) is 42.8 Å². The van der Waals surface area contributed by atoms with Gasteiger partial charge in [0.2, 0.25) is 0 Å². The van der Waals surface area contributed by atoms with Gasteiger partial charge in [0.15, 0.2) is 5.78 Å². The Hall–Kier alpha value is -2.16. The largest absolute Gasteiger partial charge is 0.494 e. The van der Waals surface area contributed by atoms with Gasteiger partial charge >= 0.3 is 0 Å². The summed E-state index contributed by atoms with van der Waals surface area (Å²) in [5, 5.41) is 0. The lowest BCUT2D eigenvalue weighted by molar-refractivity contribution is 0.0992. The van der Waals surface area contributed by atoms with Crippen molar-refractivity contribution in [3.8, 4) is 5.75 Å². The number of rotatable bonds is 7. The number of carbonyl (C=O) groups excluding carboxylic acids is 1. The first-order valence-corrected chi connectivity index (χ1v) is 6.95. The highest BCUT2D eigenvalue weighted by molar-refractivity contribution is 5.97. The van der Waals surface area contributed by atoms with Gasteiger partial charge in [-0.2, -0.15) is 0 Å². The minimum atomic E-state index is 0.0730. The number of aromatic nitrogens is 1. The number of Topliss-reactive ketones (excluding diaryl/α,β-unsaturated/α-hetero) is 1. The average molecular weight is 269 g/mol. The van der Waals surface area contributed by atoms with Crippen LogP contribution in [-0.4, -0.2) is 17.4 Å². The molecule has 0 fully saturated rings. The van der Waals surface area contributed by atoms with Crippen molar-refractivity contribution in [2.75, 3.05) is 6.61 Å². The predicted octanol–water partition coefficient (Wildman–Crippen LogP) is 3.69. The molecule has 0 unspecified atom stereocenters. The van der Waals surface area contributed by atoms with Crippen molar-refractivity contribution in [1.29, 1.82) is 0 Å². The first kappa shape index (κ1) is 14.3. The number of unbranched alkanes of at least 4 members (excludes halogenated alkanes) is 1. The van der Waals surface area contributed by atoms with E-state index in [2.05, 4.69) is 11.9 Å². The first-order valence-electron chi connectivity index (χ1n) is 6.95. The summed E-state index contributed by atoms with van der Waals surface area (Å²) in [6, 6.07) is 12.9. The highest BCUT2D eigenvalue weighted by Gasteiger charge is 2.07. The SMILES string of the molecule is CCCCOc1ccc(C(=O)Cc2ccccn2)cc1. The molecule has 0 N–H and O–H groups in total. The van der Waals surface area contributed by atoms with E-state index in [0.29, 0.717) is 12.0 Å². The summed E-state index contributed by atoms with van der Waals surface area (Å²) in [7, 11) is 0. The lowest BCUT2D eigenvalue weighted by Gasteiger charge is -2.06. The Morgan fingerprint density at radius 3 is 2.60 bits per heavy atom. The predicted molar refractivity (Wildman–Crippen MR) is 79.1 cm³/mol. The Morgan fingerprint density at radius 2 is 1.95 bits per heavy atom. The third-order valence-electron chi connectivity index (χ3n) is 3.01. The lowest BCUT2D eigenvalue weighted by atomic mass is 10.1. The van der Waals surface area contributed by atoms with Gasteiger partial charge in [0.1, 0.15) is 5.75 Å². The highest BCUT2D eigenvalue weighted by Crippen LogP contribution is 2.14. The third kappa shape index (κ3) is 4.19. The molecule has 0 bridgehead atoms. The molecule has 0 amide bonds. The smallest absolute Gasteiger partial charge is 0.168 e. The average Bonchev–Trinajstić information content (AvgIpc) is 2.49. The van der Waals surface area contributed by atoms with Crippen LogP contribution in [0.1, 0.15) is 35.8 Å². The molecule has 3 heteroatoms. The van der Waals surface area contributed by atoms with E-state index in [0.717, 1.165) is 30.9 Å². The summed E-state index contributed by atoms with van der Waals surface area (Å²) >= 11 is 0. The second-order valence-corrected chi connectivity index (χ2v) is 4.65. The van der Waals surface area contributed by atoms with Crippen LogP contribution in [0.3, 0.4) is 0 Å². The molecular formula is C17H19NO2. The van der Waals surface area contributed by atoms with Gasteiger partial charge in [0.05, 0.1) is 13.0 Å². The molecule has 0 atom stereocenters. The fourth-order valence-corrected chi connectivity index (χ4v) is 1.84. The van der Waals surface area contributed by atoms with E-state index in [1.807, 2.05) is 42.5 Å². The van der Waals surface area contributed by atoms with Crippen LogP contribution >= 0.6 is 0 Å². The van der Waals surface area contributed by atoms with E-state index in [1.165, 1.54) is 0 Å². The van der Waals surface area contributed by atoms with Gasteiger partial charge in [-0.3, -0.25) is 9.78 Å². The van der Waals surface area contributed by atoms with E-state index in [9.17, 15) is 4.79 Å². The molecular weight excluding hydrogens is 250 g/mol. The molecule has 0 spiro atoms. The quantitative estimate of drug-likeness (QED) is 0.568. The van der Waals surface area contributed by atoms with Crippen LogP contribution in [0.2, 0.25) is 0 Å². The lowest BCUT2D eigenvalue weighted by Crippen LogP contribution is -2.05. The maximum atomic E-state index is 12.1. The minimum absolute atomic E-state index is 0.0730. The van der Waals surface area contributed by atoms with Crippen molar-refractivity contribution in [1.82, 2.24) is 4.98 Å². The fraction of sp³-hybridized carbons (Fsp3) is 0.294. The molecule has 1 heterocycles. The molecule has 1 aromatic heterocycles. The summed E-state index contributed by atoms with van der Waals surface area (Å²) in [6.07, 6.45) is 4.19. The molecule has 0 aliphatic rings. The standard InChI is InChI=1S/C17H19NO2/c1-2-3-12-20-16-9-7-14(8-10-16)17(19)13-15-6-4-5-11-18-15/h4-11H,2-3,12-13H2,1H3. The maximum Gasteiger partial charge on any atom is 0.168 e. The van der Waals surface area contributed by atoms with Crippen LogP contribution in [0.15, 0.2) is 48.7 Å². The van der Waals surface area contributed by atoms with Crippen LogP contribution in [0.4, 0.5) is 0 Å². The number of hydrogen-bond donors (Lipinski definition) is 0. The number of pyridine rings is 1. The van der Waals surface area contributed by atoms with Crippen molar-refractivity contribution in [3.05, 3.63) is 59.9 Å². The van der Waals surface area contributed by atoms with E-state index in [4.69, 9.17) is 4.74 Å². The molecule has 3 nitrogen and oxygen atoms in total. The van der Waals surface area contributed by atoms with Gasteiger partial charge in [-0.1, -0.05) is 19.4 Å².